The predicted octanol–water partition coefficient (Wildman–Crippen LogP) is 8.91. The average Bonchev–Trinajstić information content (AvgIpc) is 2.70. The van der Waals surface area contributed by atoms with Crippen molar-refractivity contribution < 1.29 is 0 Å². The summed E-state index contributed by atoms with van der Waals surface area (Å²) in [5, 5.41) is 5.81. The van der Waals surface area contributed by atoms with Crippen molar-refractivity contribution in [1.29, 1.82) is 0 Å². The fourth-order valence-corrected chi connectivity index (χ4v) is 4.86. The Morgan fingerprint density at radius 1 is 0.607 bits per heavy atom. The molecule has 0 saturated carbocycles. The minimum absolute atomic E-state index is 1.22. The molecule has 0 aliphatic rings. The van der Waals surface area contributed by atoms with Crippen LogP contribution >= 0.6 is 0 Å². The third kappa shape index (κ3) is 4.27. The highest BCUT2D eigenvalue weighted by atomic mass is 14.2. The molecule has 0 atom stereocenters. The van der Waals surface area contributed by atoms with Crippen LogP contribution < -0.4 is 0 Å². The van der Waals surface area contributed by atoms with Crippen LogP contribution in [0.4, 0.5) is 0 Å². The summed E-state index contributed by atoms with van der Waals surface area (Å²) in [6.07, 6.45) is 12.3. The quantitative estimate of drug-likeness (QED) is 0.259. The molecule has 0 nitrogen and oxygen atoms in total. The summed E-state index contributed by atoms with van der Waals surface area (Å²) in [5.74, 6) is 0. The fraction of sp³-hybridized carbons (Fsp3) is 0.500. The van der Waals surface area contributed by atoms with Crippen molar-refractivity contribution in [2.45, 2.75) is 92.4 Å². The van der Waals surface area contributed by atoms with E-state index in [1.54, 1.807) is 5.56 Å². The SMILES string of the molecule is CCCCCCCCCCc1c(C)c(C)c(C)c2c1ccc1cccc(C)c12. The van der Waals surface area contributed by atoms with Gasteiger partial charge >= 0.3 is 0 Å². The van der Waals surface area contributed by atoms with Crippen molar-refractivity contribution in [1.82, 2.24) is 0 Å². The van der Waals surface area contributed by atoms with E-state index < -0.39 is 0 Å². The van der Waals surface area contributed by atoms with Gasteiger partial charge in [0.2, 0.25) is 0 Å². The first kappa shape index (κ1) is 20.9. The summed E-state index contributed by atoms with van der Waals surface area (Å²) in [6.45, 7) is 11.5. The Morgan fingerprint density at radius 3 is 2.00 bits per heavy atom. The topological polar surface area (TPSA) is 0 Å². The van der Waals surface area contributed by atoms with Crippen molar-refractivity contribution in [3.63, 3.8) is 0 Å². The Hall–Kier alpha value is -1.82. The van der Waals surface area contributed by atoms with Gasteiger partial charge in [-0.15, -0.1) is 0 Å². The molecule has 28 heavy (non-hydrogen) atoms. The lowest BCUT2D eigenvalue weighted by atomic mass is 9.85. The Labute approximate surface area is 172 Å². The second kappa shape index (κ2) is 9.59. The monoisotopic (exact) mass is 374 g/mol. The summed E-state index contributed by atoms with van der Waals surface area (Å²) in [5.41, 5.74) is 7.45. The van der Waals surface area contributed by atoms with Gasteiger partial charge in [-0.2, -0.15) is 0 Å². The molecule has 0 aliphatic carbocycles. The summed E-state index contributed by atoms with van der Waals surface area (Å²) >= 11 is 0. The van der Waals surface area contributed by atoms with Crippen molar-refractivity contribution in [2.24, 2.45) is 0 Å². The van der Waals surface area contributed by atoms with Crippen LogP contribution in [0, 0.1) is 27.7 Å². The maximum absolute atomic E-state index is 2.39. The Bertz CT molecular complexity index is 946. The fourth-order valence-electron chi connectivity index (χ4n) is 4.86. The van der Waals surface area contributed by atoms with Crippen LogP contribution in [0.25, 0.3) is 21.5 Å². The van der Waals surface area contributed by atoms with Crippen LogP contribution in [0.3, 0.4) is 0 Å². The lowest BCUT2D eigenvalue weighted by Gasteiger charge is -2.19. The third-order valence-electron chi connectivity index (χ3n) is 6.81. The molecular formula is C28H38. The van der Waals surface area contributed by atoms with Crippen molar-refractivity contribution in [3.8, 4) is 0 Å². The highest BCUT2D eigenvalue weighted by molar-refractivity contribution is 6.12. The normalized spacial score (nSPS) is 11.6. The predicted molar refractivity (Wildman–Crippen MR) is 127 cm³/mol. The second-order valence-electron chi connectivity index (χ2n) is 8.74. The zero-order valence-corrected chi connectivity index (χ0v) is 18.8. The first-order valence-electron chi connectivity index (χ1n) is 11.5. The molecule has 3 aromatic rings. The van der Waals surface area contributed by atoms with E-state index in [1.165, 1.54) is 102 Å². The largest absolute Gasteiger partial charge is 0.0654 e. The molecule has 0 N–H and O–H groups in total. The molecule has 0 spiro atoms. The van der Waals surface area contributed by atoms with E-state index in [9.17, 15) is 0 Å². The number of fused-ring (bicyclic) bond motifs is 3. The third-order valence-corrected chi connectivity index (χ3v) is 6.81. The van der Waals surface area contributed by atoms with E-state index >= 15 is 0 Å². The minimum atomic E-state index is 1.22. The van der Waals surface area contributed by atoms with E-state index in [2.05, 4.69) is 65.0 Å². The van der Waals surface area contributed by atoms with E-state index in [0.29, 0.717) is 0 Å². The Balaban J connectivity index is 1.85. The number of hydrogen-bond acceptors (Lipinski definition) is 0. The Kier molecular flexibility index (Phi) is 7.16. The van der Waals surface area contributed by atoms with Crippen molar-refractivity contribution in [2.75, 3.05) is 0 Å². The molecular weight excluding hydrogens is 336 g/mol. The molecule has 0 aromatic heterocycles. The van der Waals surface area contributed by atoms with Crippen LogP contribution in [0.15, 0.2) is 30.3 Å². The van der Waals surface area contributed by atoms with Gasteiger partial charge in [0, 0.05) is 0 Å². The molecule has 0 heterocycles. The van der Waals surface area contributed by atoms with E-state index in [4.69, 9.17) is 0 Å². The van der Waals surface area contributed by atoms with Gasteiger partial charge in [0.15, 0.2) is 0 Å². The van der Waals surface area contributed by atoms with Crippen molar-refractivity contribution in [3.05, 3.63) is 58.1 Å². The van der Waals surface area contributed by atoms with Crippen LogP contribution in [-0.4, -0.2) is 0 Å². The minimum Gasteiger partial charge on any atom is -0.0654 e. The van der Waals surface area contributed by atoms with Gasteiger partial charge in [-0.25, -0.2) is 0 Å². The Morgan fingerprint density at radius 2 is 1.29 bits per heavy atom. The first-order valence-corrected chi connectivity index (χ1v) is 11.5. The zero-order valence-electron chi connectivity index (χ0n) is 18.8. The number of rotatable bonds is 9. The number of hydrogen-bond donors (Lipinski definition) is 0. The van der Waals surface area contributed by atoms with E-state index in [0.717, 1.165) is 0 Å². The van der Waals surface area contributed by atoms with Gasteiger partial charge in [0.05, 0.1) is 0 Å². The molecule has 0 saturated heterocycles. The summed E-state index contributed by atoms with van der Waals surface area (Å²) in [4.78, 5) is 0. The van der Waals surface area contributed by atoms with Gasteiger partial charge in [-0.3, -0.25) is 0 Å². The highest BCUT2D eigenvalue weighted by Gasteiger charge is 2.14. The maximum Gasteiger partial charge on any atom is -0.00678 e. The van der Waals surface area contributed by atoms with Gasteiger partial charge in [0.25, 0.3) is 0 Å². The molecule has 0 fully saturated rings. The van der Waals surface area contributed by atoms with Gasteiger partial charge in [-0.05, 0) is 89.9 Å². The molecule has 150 valence electrons. The van der Waals surface area contributed by atoms with Gasteiger partial charge < -0.3 is 0 Å². The molecule has 0 amide bonds. The number of unbranched alkanes of at least 4 members (excludes halogenated alkanes) is 7. The molecule has 0 aliphatic heterocycles. The molecule has 0 heteroatoms. The smallest absolute Gasteiger partial charge is 0.00678 e. The van der Waals surface area contributed by atoms with Crippen LogP contribution in [0.5, 0.6) is 0 Å². The molecule has 3 aromatic carbocycles. The summed E-state index contributed by atoms with van der Waals surface area (Å²) in [7, 11) is 0. The lowest BCUT2D eigenvalue weighted by Crippen LogP contribution is -2.00. The number of aryl methyl sites for hydroxylation is 3. The average molecular weight is 375 g/mol. The molecule has 3 rings (SSSR count). The van der Waals surface area contributed by atoms with Gasteiger partial charge in [0.1, 0.15) is 0 Å². The highest BCUT2D eigenvalue weighted by Crippen LogP contribution is 2.36. The first-order chi connectivity index (χ1) is 13.6. The molecule has 0 radical (unpaired) electrons. The molecule has 0 bridgehead atoms. The van der Waals surface area contributed by atoms with Crippen LogP contribution in [0.1, 0.15) is 86.1 Å². The number of benzene rings is 3. The zero-order chi connectivity index (χ0) is 20.1. The molecule has 0 unspecified atom stereocenters. The lowest BCUT2D eigenvalue weighted by molar-refractivity contribution is 0.575. The van der Waals surface area contributed by atoms with Crippen LogP contribution in [-0.2, 0) is 6.42 Å². The van der Waals surface area contributed by atoms with Crippen molar-refractivity contribution >= 4 is 21.5 Å². The standard InChI is InChI=1S/C28H38/c1-6-7-8-9-10-11-12-13-17-25-22(4)21(3)23(5)28-26(25)19-18-24-16-14-15-20(2)27(24)28/h14-16,18-19H,6-13,17H2,1-5H3. The van der Waals surface area contributed by atoms with Crippen LogP contribution in [0.2, 0.25) is 0 Å². The maximum atomic E-state index is 2.39. The van der Waals surface area contributed by atoms with Gasteiger partial charge in [-0.1, -0.05) is 82.2 Å². The van der Waals surface area contributed by atoms with E-state index in [-0.39, 0.29) is 0 Å². The van der Waals surface area contributed by atoms with E-state index in [1.807, 2.05) is 0 Å². The second-order valence-corrected chi connectivity index (χ2v) is 8.74. The summed E-state index contributed by atoms with van der Waals surface area (Å²) < 4.78 is 0. The summed E-state index contributed by atoms with van der Waals surface area (Å²) in [6, 6.07) is 11.4.